The molecule has 32 heavy (non-hydrogen) atoms. The quantitative estimate of drug-likeness (QED) is 0.584. The Morgan fingerprint density at radius 3 is 2.53 bits per heavy atom. The van der Waals surface area contributed by atoms with E-state index >= 15 is 0 Å². The van der Waals surface area contributed by atoms with E-state index in [4.69, 9.17) is 18.9 Å². The number of hydrogen-bond donors (Lipinski definition) is 0. The van der Waals surface area contributed by atoms with Crippen molar-refractivity contribution in [2.75, 3.05) is 6.61 Å². The molecular weight excluding hydrogens is 408 g/mol. The van der Waals surface area contributed by atoms with E-state index in [-0.39, 0.29) is 35.6 Å². The number of esters is 1. The number of fused-ring (bicyclic) bond motifs is 1. The molecule has 3 unspecified atom stereocenters. The van der Waals surface area contributed by atoms with Crippen molar-refractivity contribution in [1.29, 1.82) is 0 Å². The lowest BCUT2D eigenvalue weighted by molar-refractivity contribution is -0.134. The van der Waals surface area contributed by atoms with Gasteiger partial charge >= 0.3 is 5.97 Å². The molecule has 0 spiro atoms. The monoisotopic (exact) mass is 436 g/mol. The molecule has 1 saturated carbocycles. The largest absolute Gasteiger partial charge is 0.493 e. The fourth-order valence-corrected chi connectivity index (χ4v) is 4.06. The van der Waals surface area contributed by atoms with Gasteiger partial charge in [0.1, 0.15) is 18.1 Å². The molecular formula is C26H28O6. The lowest BCUT2D eigenvalue weighted by Gasteiger charge is -2.37. The van der Waals surface area contributed by atoms with Gasteiger partial charge in [-0.1, -0.05) is 29.8 Å². The topological polar surface area (TPSA) is 71.1 Å². The molecule has 2 aromatic rings. The number of carbonyl (C=O) groups excluding carboxylic acids is 2. The lowest BCUT2D eigenvalue weighted by atomic mass is 9.80. The first-order valence-electron chi connectivity index (χ1n) is 11.1. The van der Waals surface area contributed by atoms with Gasteiger partial charge in [-0.3, -0.25) is 4.79 Å². The molecule has 0 bridgehead atoms. The van der Waals surface area contributed by atoms with Gasteiger partial charge in [-0.25, -0.2) is 4.79 Å². The average Bonchev–Trinajstić information content (AvgIpc) is 2.81. The number of benzene rings is 2. The highest BCUT2D eigenvalue weighted by Gasteiger charge is 2.41. The maximum Gasteiger partial charge on any atom is 0.338 e. The van der Waals surface area contributed by atoms with Crippen LogP contribution in [0.25, 0.3) is 0 Å². The molecule has 0 aromatic heterocycles. The van der Waals surface area contributed by atoms with Crippen LogP contribution in [0, 0.1) is 12.8 Å². The molecule has 1 aliphatic heterocycles. The number of hydrogen-bond acceptors (Lipinski definition) is 6. The summed E-state index contributed by atoms with van der Waals surface area (Å²) in [7, 11) is 0. The molecule has 0 amide bonds. The first-order chi connectivity index (χ1) is 15.5. The van der Waals surface area contributed by atoms with Crippen molar-refractivity contribution in [2.24, 2.45) is 5.92 Å². The summed E-state index contributed by atoms with van der Waals surface area (Å²) in [5.41, 5.74) is 2.80. The van der Waals surface area contributed by atoms with Gasteiger partial charge in [-0.2, -0.15) is 0 Å². The third-order valence-corrected chi connectivity index (χ3v) is 5.87. The maximum absolute atomic E-state index is 13.0. The van der Waals surface area contributed by atoms with Crippen LogP contribution in [0.3, 0.4) is 0 Å². The van der Waals surface area contributed by atoms with Gasteiger partial charge in [0.05, 0.1) is 30.8 Å². The Hall–Kier alpha value is -3.12. The Kier molecular flexibility index (Phi) is 6.90. The van der Waals surface area contributed by atoms with Crippen molar-refractivity contribution in [3.63, 3.8) is 0 Å². The van der Waals surface area contributed by atoms with Crippen LogP contribution in [0.1, 0.15) is 47.7 Å². The van der Waals surface area contributed by atoms with Crippen LogP contribution in [0.4, 0.5) is 0 Å². The van der Waals surface area contributed by atoms with Crippen LogP contribution in [-0.2, 0) is 25.6 Å². The van der Waals surface area contributed by atoms with E-state index in [1.165, 1.54) is 11.8 Å². The summed E-state index contributed by atoms with van der Waals surface area (Å²) in [5.74, 6) is -0.00996. The smallest absolute Gasteiger partial charge is 0.338 e. The number of allylic oxidation sites excluding steroid dienone is 1. The van der Waals surface area contributed by atoms with Crippen molar-refractivity contribution in [3.05, 3.63) is 77.2 Å². The van der Waals surface area contributed by atoms with Crippen LogP contribution in [0.2, 0.25) is 0 Å². The lowest BCUT2D eigenvalue weighted by Crippen LogP contribution is -2.42. The van der Waals surface area contributed by atoms with Crippen molar-refractivity contribution in [1.82, 2.24) is 0 Å². The second kappa shape index (κ2) is 10.0. The predicted octanol–water partition coefficient (Wildman–Crippen LogP) is 4.75. The molecule has 2 aliphatic rings. The summed E-state index contributed by atoms with van der Waals surface area (Å²) in [4.78, 5) is 24.7. The summed E-state index contributed by atoms with van der Waals surface area (Å²) in [6.45, 7) is 4.69. The third-order valence-electron chi connectivity index (χ3n) is 5.87. The summed E-state index contributed by atoms with van der Waals surface area (Å²) in [6, 6.07) is 14.8. The van der Waals surface area contributed by atoms with E-state index in [0.29, 0.717) is 37.4 Å². The van der Waals surface area contributed by atoms with Gasteiger partial charge in [-0.15, -0.1) is 0 Å². The minimum absolute atomic E-state index is 0.0484. The molecule has 1 heterocycles. The second-order valence-corrected chi connectivity index (χ2v) is 8.21. The van der Waals surface area contributed by atoms with Gasteiger partial charge in [0.2, 0.25) is 11.5 Å². The summed E-state index contributed by atoms with van der Waals surface area (Å²) >= 11 is 0. The number of aryl methyl sites for hydroxylation is 1. The SMILES string of the molecule is CCOC(=O)c1ccc(OC2=COC3CC(OCc4ccc(C)cc4)CCC3C2=O)cc1. The molecule has 0 saturated heterocycles. The molecule has 168 valence electrons. The highest BCUT2D eigenvalue weighted by Crippen LogP contribution is 2.35. The predicted molar refractivity (Wildman–Crippen MR) is 118 cm³/mol. The average molecular weight is 437 g/mol. The molecule has 0 radical (unpaired) electrons. The Balaban J connectivity index is 1.32. The molecule has 6 heteroatoms. The van der Waals surface area contributed by atoms with Gasteiger partial charge in [0.25, 0.3) is 0 Å². The maximum atomic E-state index is 13.0. The summed E-state index contributed by atoms with van der Waals surface area (Å²) < 4.78 is 22.7. The number of carbonyl (C=O) groups is 2. The summed E-state index contributed by atoms with van der Waals surface area (Å²) in [5, 5.41) is 0. The van der Waals surface area contributed by atoms with Crippen LogP contribution in [0.15, 0.2) is 60.6 Å². The minimum atomic E-state index is -0.389. The van der Waals surface area contributed by atoms with Crippen molar-refractivity contribution < 1.29 is 28.5 Å². The Bertz CT molecular complexity index is 976. The first-order valence-corrected chi connectivity index (χ1v) is 11.1. The zero-order chi connectivity index (χ0) is 22.5. The highest BCUT2D eigenvalue weighted by atomic mass is 16.5. The molecule has 3 atom stereocenters. The van der Waals surface area contributed by atoms with Crippen LogP contribution >= 0.6 is 0 Å². The highest BCUT2D eigenvalue weighted by molar-refractivity contribution is 5.96. The Labute approximate surface area is 188 Å². The minimum Gasteiger partial charge on any atom is -0.493 e. The number of ketones is 1. The van der Waals surface area contributed by atoms with Crippen LogP contribution in [-0.4, -0.2) is 30.6 Å². The normalized spacial score (nSPS) is 22.4. The second-order valence-electron chi connectivity index (χ2n) is 8.21. The Morgan fingerprint density at radius 2 is 1.81 bits per heavy atom. The molecule has 1 fully saturated rings. The van der Waals surface area contributed by atoms with Crippen molar-refractivity contribution in [2.45, 2.75) is 51.9 Å². The van der Waals surface area contributed by atoms with E-state index in [1.54, 1.807) is 31.2 Å². The van der Waals surface area contributed by atoms with Gasteiger partial charge in [0.15, 0.2) is 0 Å². The van der Waals surface area contributed by atoms with E-state index in [0.717, 1.165) is 12.0 Å². The fraction of sp³-hybridized carbons (Fsp3) is 0.385. The van der Waals surface area contributed by atoms with Crippen LogP contribution in [0.5, 0.6) is 5.75 Å². The van der Waals surface area contributed by atoms with E-state index in [1.807, 2.05) is 0 Å². The Morgan fingerprint density at radius 1 is 1.06 bits per heavy atom. The van der Waals surface area contributed by atoms with Gasteiger partial charge in [-0.05, 0) is 56.5 Å². The molecule has 0 N–H and O–H groups in total. The van der Waals surface area contributed by atoms with E-state index in [2.05, 4.69) is 31.2 Å². The van der Waals surface area contributed by atoms with E-state index < -0.39 is 0 Å². The van der Waals surface area contributed by atoms with Crippen molar-refractivity contribution >= 4 is 11.8 Å². The third kappa shape index (κ3) is 5.19. The molecule has 1 aliphatic carbocycles. The van der Waals surface area contributed by atoms with Gasteiger partial charge < -0.3 is 18.9 Å². The standard InChI is InChI=1S/C26H28O6/c1-3-29-26(28)19-8-10-20(11-9-19)32-24-16-31-23-14-21(12-13-22(23)25(24)27)30-15-18-6-4-17(2)5-7-18/h4-11,16,21-23H,3,12-15H2,1-2H3. The van der Waals surface area contributed by atoms with Gasteiger partial charge in [0, 0.05) is 6.42 Å². The number of rotatable bonds is 7. The number of ether oxygens (including phenoxy) is 4. The summed E-state index contributed by atoms with van der Waals surface area (Å²) in [6.07, 6.45) is 3.47. The fourth-order valence-electron chi connectivity index (χ4n) is 4.06. The van der Waals surface area contributed by atoms with Crippen molar-refractivity contribution in [3.8, 4) is 5.75 Å². The molecule has 4 rings (SSSR count). The molecule has 2 aromatic carbocycles. The van der Waals surface area contributed by atoms with E-state index in [9.17, 15) is 9.59 Å². The zero-order valence-corrected chi connectivity index (χ0v) is 18.4. The first kappa shape index (κ1) is 22.1. The number of Topliss-reactive ketones (excluding diaryl/α,β-unsaturated/α-hetero) is 1. The molecule has 6 nitrogen and oxygen atoms in total. The van der Waals surface area contributed by atoms with Crippen LogP contribution < -0.4 is 4.74 Å². The zero-order valence-electron chi connectivity index (χ0n) is 18.4.